The van der Waals surface area contributed by atoms with Crippen LogP contribution in [0, 0.1) is 5.41 Å². The Morgan fingerprint density at radius 1 is 1.38 bits per heavy atom. The quantitative estimate of drug-likeness (QED) is 0.787. The molecule has 0 saturated carbocycles. The average molecular weight is 330 g/mol. The summed E-state index contributed by atoms with van der Waals surface area (Å²) in [6, 6.07) is 7.05. The summed E-state index contributed by atoms with van der Waals surface area (Å²) in [6.07, 6.45) is 4.03. The first kappa shape index (κ1) is 17.3. The third-order valence-corrected chi connectivity index (χ3v) is 5.30. The lowest BCUT2D eigenvalue weighted by atomic mass is 9.83. The second kappa shape index (κ2) is 6.77. The van der Waals surface area contributed by atoms with Gasteiger partial charge in [0.15, 0.2) is 0 Å². The first-order chi connectivity index (χ1) is 11.4. The number of aryl methyl sites for hydroxylation is 1. The molecular weight excluding hydrogens is 300 g/mol. The molecule has 3 N–H and O–H groups in total. The van der Waals surface area contributed by atoms with Crippen molar-refractivity contribution >= 4 is 10.9 Å². The number of aromatic nitrogens is 1. The minimum Gasteiger partial charge on any atom is -0.497 e. The van der Waals surface area contributed by atoms with Crippen molar-refractivity contribution in [2.75, 3.05) is 13.7 Å². The number of aliphatic hydroxyl groups is 1. The van der Waals surface area contributed by atoms with E-state index in [2.05, 4.69) is 43.2 Å². The maximum absolute atomic E-state index is 9.39. The van der Waals surface area contributed by atoms with Crippen molar-refractivity contribution in [3.05, 3.63) is 29.5 Å². The van der Waals surface area contributed by atoms with E-state index in [-0.39, 0.29) is 12.0 Å². The maximum atomic E-state index is 9.39. The summed E-state index contributed by atoms with van der Waals surface area (Å²) in [6.45, 7) is 6.96. The largest absolute Gasteiger partial charge is 0.497 e. The van der Waals surface area contributed by atoms with E-state index in [0.29, 0.717) is 12.1 Å². The molecule has 2 atom stereocenters. The van der Waals surface area contributed by atoms with E-state index >= 15 is 0 Å². The predicted molar refractivity (Wildman–Crippen MR) is 98.7 cm³/mol. The third kappa shape index (κ3) is 3.45. The lowest BCUT2D eigenvalue weighted by molar-refractivity contribution is 0.181. The van der Waals surface area contributed by atoms with Crippen LogP contribution in [0.4, 0.5) is 0 Å². The molecule has 0 aliphatic heterocycles. The number of hydrogen-bond donors (Lipinski definition) is 3. The van der Waals surface area contributed by atoms with Gasteiger partial charge in [-0.3, -0.25) is 0 Å². The number of benzene rings is 1. The predicted octanol–water partition coefficient (Wildman–Crippen LogP) is 3.42. The van der Waals surface area contributed by atoms with E-state index in [4.69, 9.17) is 4.74 Å². The topological polar surface area (TPSA) is 57.3 Å². The fraction of sp³-hybridized carbons (Fsp3) is 0.600. The molecule has 3 rings (SSSR count). The van der Waals surface area contributed by atoms with Gasteiger partial charge in [-0.25, -0.2) is 0 Å². The monoisotopic (exact) mass is 330 g/mol. The van der Waals surface area contributed by atoms with Crippen LogP contribution in [0.25, 0.3) is 10.9 Å². The Morgan fingerprint density at radius 2 is 2.17 bits per heavy atom. The molecule has 24 heavy (non-hydrogen) atoms. The van der Waals surface area contributed by atoms with Gasteiger partial charge in [0, 0.05) is 35.3 Å². The summed E-state index contributed by atoms with van der Waals surface area (Å²) < 4.78 is 5.39. The van der Waals surface area contributed by atoms with Crippen molar-refractivity contribution in [2.45, 2.75) is 58.5 Å². The molecule has 0 bridgehead atoms. The molecule has 0 fully saturated rings. The molecule has 0 saturated heterocycles. The minimum absolute atomic E-state index is 0.145. The van der Waals surface area contributed by atoms with Crippen molar-refractivity contribution in [3.8, 4) is 5.75 Å². The number of aliphatic hydroxyl groups excluding tert-OH is 1. The van der Waals surface area contributed by atoms with Crippen molar-refractivity contribution < 1.29 is 9.84 Å². The highest BCUT2D eigenvalue weighted by Crippen LogP contribution is 2.32. The first-order valence-corrected chi connectivity index (χ1v) is 8.96. The molecule has 4 heteroatoms. The van der Waals surface area contributed by atoms with Crippen molar-refractivity contribution in [1.82, 2.24) is 10.3 Å². The van der Waals surface area contributed by atoms with Crippen LogP contribution < -0.4 is 10.1 Å². The Kier molecular flexibility index (Phi) is 4.88. The molecule has 0 spiro atoms. The van der Waals surface area contributed by atoms with E-state index in [1.54, 1.807) is 7.11 Å². The molecule has 1 aromatic heterocycles. The van der Waals surface area contributed by atoms with Gasteiger partial charge < -0.3 is 20.1 Å². The lowest BCUT2D eigenvalue weighted by Crippen LogP contribution is -2.48. The number of rotatable bonds is 5. The van der Waals surface area contributed by atoms with Crippen LogP contribution in [0.3, 0.4) is 0 Å². The standard InChI is InChI=1S/C20H30N2O2/c1-20(2,3)19(9-10-23)21-13-5-7-17-15(11-13)16-12-14(24-4)6-8-18(16)22-17/h6,8,12-13,19,21-23H,5,7,9-11H2,1-4H3. The van der Waals surface area contributed by atoms with Crippen LogP contribution in [0.15, 0.2) is 18.2 Å². The van der Waals surface area contributed by atoms with Crippen LogP contribution in [0.2, 0.25) is 0 Å². The first-order valence-electron chi connectivity index (χ1n) is 8.96. The van der Waals surface area contributed by atoms with E-state index in [9.17, 15) is 5.11 Å². The Bertz CT molecular complexity index is 699. The molecule has 1 aliphatic rings. The number of aromatic amines is 1. The summed E-state index contributed by atoms with van der Waals surface area (Å²) in [5.41, 5.74) is 4.13. The summed E-state index contributed by atoms with van der Waals surface area (Å²) in [4.78, 5) is 3.57. The molecule has 1 heterocycles. The van der Waals surface area contributed by atoms with Gasteiger partial charge in [-0.15, -0.1) is 0 Å². The molecule has 0 amide bonds. The fourth-order valence-corrected chi connectivity index (χ4v) is 3.85. The molecule has 2 unspecified atom stereocenters. The normalized spacial score (nSPS) is 19.3. The van der Waals surface area contributed by atoms with Crippen LogP contribution in [0.1, 0.15) is 44.9 Å². The van der Waals surface area contributed by atoms with Gasteiger partial charge in [-0.1, -0.05) is 20.8 Å². The number of hydrogen-bond acceptors (Lipinski definition) is 3. The highest BCUT2D eigenvalue weighted by atomic mass is 16.5. The number of nitrogens with one attached hydrogen (secondary N) is 2. The van der Waals surface area contributed by atoms with E-state index < -0.39 is 0 Å². The smallest absolute Gasteiger partial charge is 0.119 e. The summed E-state index contributed by atoms with van der Waals surface area (Å²) in [5.74, 6) is 0.909. The van der Waals surface area contributed by atoms with Crippen molar-refractivity contribution in [2.24, 2.45) is 5.41 Å². The molecular formula is C20H30N2O2. The zero-order valence-corrected chi connectivity index (χ0v) is 15.3. The zero-order valence-electron chi connectivity index (χ0n) is 15.3. The molecule has 1 aromatic carbocycles. The second-order valence-electron chi connectivity index (χ2n) is 8.03. The number of ether oxygens (including phenoxy) is 1. The SMILES string of the molecule is COc1ccc2[nH]c3c(c2c1)CC(NC(CCO)C(C)(C)C)CC3. The van der Waals surface area contributed by atoms with E-state index in [1.165, 1.54) is 22.2 Å². The van der Waals surface area contributed by atoms with Crippen LogP contribution in [-0.4, -0.2) is 35.9 Å². The maximum Gasteiger partial charge on any atom is 0.119 e. The van der Waals surface area contributed by atoms with Gasteiger partial charge in [0.25, 0.3) is 0 Å². The average Bonchev–Trinajstić information content (AvgIpc) is 2.90. The van der Waals surface area contributed by atoms with Gasteiger partial charge in [-0.2, -0.15) is 0 Å². The Balaban J connectivity index is 1.82. The molecule has 0 radical (unpaired) electrons. The number of fused-ring (bicyclic) bond motifs is 3. The number of H-pyrrole nitrogens is 1. The molecule has 4 nitrogen and oxygen atoms in total. The van der Waals surface area contributed by atoms with Gasteiger partial charge >= 0.3 is 0 Å². The molecule has 132 valence electrons. The summed E-state index contributed by atoms with van der Waals surface area (Å²) in [7, 11) is 1.72. The van der Waals surface area contributed by atoms with Gasteiger partial charge in [-0.05, 0) is 54.9 Å². The Morgan fingerprint density at radius 3 is 2.83 bits per heavy atom. The van der Waals surface area contributed by atoms with Crippen molar-refractivity contribution in [1.29, 1.82) is 0 Å². The number of methoxy groups -OCH3 is 1. The Hall–Kier alpha value is -1.52. The molecule has 1 aliphatic carbocycles. The lowest BCUT2D eigenvalue weighted by Gasteiger charge is -2.36. The van der Waals surface area contributed by atoms with Crippen LogP contribution >= 0.6 is 0 Å². The van der Waals surface area contributed by atoms with Crippen molar-refractivity contribution in [3.63, 3.8) is 0 Å². The van der Waals surface area contributed by atoms with E-state index in [0.717, 1.165) is 31.4 Å². The van der Waals surface area contributed by atoms with Crippen LogP contribution in [-0.2, 0) is 12.8 Å². The highest BCUT2D eigenvalue weighted by Gasteiger charge is 2.29. The molecule has 2 aromatic rings. The zero-order chi connectivity index (χ0) is 17.3. The minimum atomic E-state index is 0.145. The van der Waals surface area contributed by atoms with Crippen LogP contribution in [0.5, 0.6) is 5.75 Å². The Labute approximate surface area is 144 Å². The fourth-order valence-electron chi connectivity index (χ4n) is 3.85. The summed E-state index contributed by atoms with van der Waals surface area (Å²) in [5, 5.41) is 14.5. The van der Waals surface area contributed by atoms with Gasteiger partial charge in [0.05, 0.1) is 7.11 Å². The summed E-state index contributed by atoms with van der Waals surface area (Å²) >= 11 is 0. The van der Waals surface area contributed by atoms with Gasteiger partial charge in [0.1, 0.15) is 5.75 Å². The van der Waals surface area contributed by atoms with Gasteiger partial charge in [0.2, 0.25) is 0 Å². The third-order valence-electron chi connectivity index (χ3n) is 5.30. The second-order valence-corrected chi connectivity index (χ2v) is 8.03. The highest BCUT2D eigenvalue weighted by molar-refractivity contribution is 5.86. The van der Waals surface area contributed by atoms with E-state index in [1.807, 2.05) is 6.07 Å².